The number of ether oxygens (including phenoxy) is 2. The summed E-state index contributed by atoms with van der Waals surface area (Å²) in [6.07, 6.45) is 6.22. The molecular weight excluding hydrogens is 256 g/mol. The number of halogens is 1. The van der Waals surface area contributed by atoms with Gasteiger partial charge in [0.25, 0.3) is 0 Å². The van der Waals surface area contributed by atoms with Crippen molar-refractivity contribution in [2.24, 2.45) is 0 Å². The number of hydrogen-bond acceptors (Lipinski definition) is 2. The topological polar surface area (TPSA) is 18.5 Å². The van der Waals surface area contributed by atoms with Crippen LogP contribution in [0.3, 0.4) is 0 Å². The van der Waals surface area contributed by atoms with Gasteiger partial charge in [-0.15, -0.1) is 0 Å². The third-order valence-electron chi connectivity index (χ3n) is 2.29. The van der Waals surface area contributed by atoms with Crippen molar-refractivity contribution >= 4 is 15.9 Å². The second-order valence-corrected chi connectivity index (χ2v) is 4.82. The second-order valence-electron chi connectivity index (χ2n) is 3.64. The fraction of sp³-hybridized carbons (Fsp3) is 1.00. The van der Waals surface area contributed by atoms with Crippen molar-refractivity contribution in [1.29, 1.82) is 0 Å². The zero-order valence-electron chi connectivity index (χ0n) is 10.3. The van der Waals surface area contributed by atoms with Crippen LogP contribution >= 0.6 is 15.9 Å². The summed E-state index contributed by atoms with van der Waals surface area (Å²) in [5.74, 6) is 0. The largest absolute Gasteiger partial charge is 0.352 e. The maximum absolute atomic E-state index is 5.53. The van der Waals surface area contributed by atoms with Crippen molar-refractivity contribution in [3.05, 3.63) is 0 Å². The Morgan fingerprint density at radius 1 is 0.933 bits per heavy atom. The summed E-state index contributed by atoms with van der Waals surface area (Å²) in [5.41, 5.74) is 0. The van der Waals surface area contributed by atoms with Gasteiger partial charge in [-0.1, -0.05) is 48.5 Å². The average Bonchev–Trinajstić information content (AvgIpc) is 2.24. The van der Waals surface area contributed by atoms with Crippen LogP contribution in [0.15, 0.2) is 0 Å². The standard InChI is InChI=1S/C12H25BrO2/c1-4-7-8-9-10-11(13)12(14-5-2)15-6-3/h11-12H,4-10H2,1-3H3/t11-/m1/s1. The monoisotopic (exact) mass is 280 g/mol. The van der Waals surface area contributed by atoms with E-state index >= 15 is 0 Å². The molecule has 0 radical (unpaired) electrons. The third kappa shape index (κ3) is 8.23. The van der Waals surface area contributed by atoms with Crippen LogP contribution in [-0.2, 0) is 9.47 Å². The molecule has 0 N–H and O–H groups in total. The second kappa shape index (κ2) is 10.9. The Bertz CT molecular complexity index is 125. The minimum absolute atomic E-state index is 0.0818. The van der Waals surface area contributed by atoms with E-state index in [0.717, 1.165) is 6.42 Å². The molecule has 0 aliphatic carbocycles. The van der Waals surface area contributed by atoms with Crippen molar-refractivity contribution in [1.82, 2.24) is 0 Å². The van der Waals surface area contributed by atoms with Crippen LogP contribution in [0.25, 0.3) is 0 Å². The molecule has 0 aromatic heterocycles. The van der Waals surface area contributed by atoms with Gasteiger partial charge >= 0.3 is 0 Å². The summed E-state index contributed by atoms with van der Waals surface area (Å²) in [6.45, 7) is 7.66. The van der Waals surface area contributed by atoms with Crippen molar-refractivity contribution in [2.45, 2.75) is 64.0 Å². The maximum atomic E-state index is 5.53. The first-order valence-corrected chi connectivity index (χ1v) is 7.05. The Kier molecular flexibility index (Phi) is 11.2. The Morgan fingerprint density at radius 2 is 1.53 bits per heavy atom. The average molecular weight is 281 g/mol. The van der Waals surface area contributed by atoms with Crippen molar-refractivity contribution < 1.29 is 9.47 Å². The fourth-order valence-electron chi connectivity index (χ4n) is 1.49. The zero-order chi connectivity index (χ0) is 11.5. The molecule has 0 aliphatic rings. The quantitative estimate of drug-likeness (QED) is 0.341. The van der Waals surface area contributed by atoms with Crippen LogP contribution in [0, 0.1) is 0 Å². The normalized spacial score (nSPS) is 13.4. The molecule has 2 nitrogen and oxygen atoms in total. The van der Waals surface area contributed by atoms with Gasteiger partial charge in [-0.2, -0.15) is 0 Å². The predicted molar refractivity (Wildman–Crippen MR) is 68.5 cm³/mol. The summed E-state index contributed by atoms with van der Waals surface area (Å²) < 4.78 is 11.1. The minimum Gasteiger partial charge on any atom is -0.352 e. The molecule has 0 rings (SSSR count). The molecule has 3 heteroatoms. The van der Waals surface area contributed by atoms with E-state index in [1.165, 1.54) is 25.7 Å². The summed E-state index contributed by atoms with van der Waals surface area (Å²) in [5, 5.41) is 0. The predicted octanol–water partition coefficient (Wildman–Crippen LogP) is 4.12. The van der Waals surface area contributed by atoms with Gasteiger partial charge in [0.1, 0.15) is 0 Å². The highest BCUT2D eigenvalue weighted by Crippen LogP contribution is 2.18. The Hall–Kier alpha value is 0.400. The van der Waals surface area contributed by atoms with Crippen LogP contribution in [0.2, 0.25) is 0 Å². The molecule has 0 bridgehead atoms. The first kappa shape index (κ1) is 15.4. The molecule has 0 fully saturated rings. The van der Waals surface area contributed by atoms with Crippen molar-refractivity contribution in [2.75, 3.05) is 13.2 Å². The smallest absolute Gasteiger partial charge is 0.169 e. The van der Waals surface area contributed by atoms with E-state index in [0.29, 0.717) is 18.0 Å². The molecule has 0 unspecified atom stereocenters. The molecule has 0 spiro atoms. The minimum atomic E-state index is -0.0818. The highest BCUT2D eigenvalue weighted by atomic mass is 79.9. The number of rotatable bonds is 10. The lowest BCUT2D eigenvalue weighted by Gasteiger charge is -2.22. The van der Waals surface area contributed by atoms with Gasteiger partial charge in [0.05, 0.1) is 4.83 Å². The van der Waals surface area contributed by atoms with E-state index in [4.69, 9.17) is 9.47 Å². The lowest BCUT2D eigenvalue weighted by molar-refractivity contribution is -0.135. The Morgan fingerprint density at radius 3 is 2.00 bits per heavy atom. The zero-order valence-corrected chi connectivity index (χ0v) is 11.9. The van der Waals surface area contributed by atoms with Crippen LogP contribution in [0.4, 0.5) is 0 Å². The summed E-state index contributed by atoms with van der Waals surface area (Å²) in [6, 6.07) is 0. The number of alkyl halides is 1. The fourth-order valence-corrected chi connectivity index (χ4v) is 2.12. The molecule has 0 aliphatic heterocycles. The molecule has 15 heavy (non-hydrogen) atoms. The van der Waals surface area contributed by atoms with E-state index in [-0.39, 0.29) is 6.29 Å². The SMILES string of the molecule is CCCCCC[C@@H](Br)C(OCC)OCC. The Labute approximate surface area is 103 Å². The summed E-state index contributed by atoms with van der Waals surface area (Å²) >= 11 is 3.65. The lowest BCUT2D eigenvalue weighted by Crippen LogP contribution is -2.27. The van der Waals surface area contributed by atoms with Gasteiger partial charge in [0, 0.05) is 13.2 Å². The van der Waals surface area contributed by atoms with Gasteiger partial charge < -0.3 is 9.47 Å². The van der Waals surface area contributed by atoms with Crippen LogP contribution in [0.1, 0.15) is 52.9 Å². The van der Waals surface area contributed by atoms with Crippen LogP contribution in [-0.4, -0.2) is 24.3 Å². The highest BCUT2D eigenvalue weighted by molar-refractivity contribution is 9.09. The molecule has 1 atom stereocenters. The van der Waals surface area contributed by atoms with E-state index in [9.17, 15) is 0 Å². The van der Waals surface area contributed by atoms with Crippen LogP contribution in [0.5, 0.6) is 0 Å². The number of hydrogen-bond donors (Lipinski definition) is 0. The van der Waals surface area contributed by atoms with Gasteiger partial charge in [-0.3, -0.25) is 0 Å². The summed E-state index contributed by atoms with van der Waals surface area (Å²) in [4.78, 5) is 0.328. The molecule has 0 saturated heterocycles. The summed E-state index contributed by atoms with van der Waals surface area (Å²) in [7, 11) is 0. The first-order valence-electron chi connectivity index (χ1n) is 6.13. The van der Waals surface area contributed by atoms with Gasteiger partial charge in [0.15, 0.2) is 6.29 Å². The van der Waals surface area contributed by atoms with Crippen molar-refractivity contribution in [3.63, 3.8) is 0 Å². The lowest BCUT2D eigenvalue weighted by atomic mass is 10.1. The van der Waals surface area contributed by atoms with E-state index in [1.807, 2.05) is 13.8 Å². The molecule has 0 aromatic carbocycles. The van der Waals surface area contributed by atoms with E-state index < -0.39 is 0 Å². The molecule has 92 valence electrons. The third-order valence-corrected chi connectivity index (χ3v) is 3.18. The molecule has 0 amide bonds. The van der Waals surface area contributed by atoms with Crippen LogP contribution < -0.4 is 0 Å². The maximum Gasteiger partial charge on any atom is 0.169 e. The Balaban J connectivity index is 3.65. The van der Waals surface area contributed by atoms with Gasteiger partial charge in [-0.05, 0) is 20.3 Å². The molecule has 0 heterocycles. The first-order chi connectivity index (χ1) is 7.26. The number of unbranched alkanes of at least 4 members (excludes halogenated alkanes) is 3. The molecule has 0 saturated carbocycles. The van der Waals surface area contributed by atoms with E-state index in [2.05, 4.69) is 22.9 Å². The van der Waals surface area contributed by atoms with Gasteiger partial charge in [-0.25, -0.2) is 0 Å². The van der Waals surface area contributed by atoms with E-state index in [1.54, 1.807) is 0 Å². The van der Waals surface area contributed by atoms with Gasteiger partial charge in [0.2, 0.25) is 0 Å². The highest BCUT2D eigenvalue weighted by Gasteiger charge is 2.18. The molecular formula is C12H25BrO2. The van der Waals surface area contributed by atoms with Crippen molar-refractivity contribution in [3.8, 4) is 0 Å². The molecule has 0 aromatic rings.